The molecular formula is C20H20N2O5. The SMILES string of the molecule is O=C1C[C@@H](C(=O)O)C2(CCN(C(=O)c3ccc(-c4ccco4)cc3)CC2)N1. The second-order valence-corrected chi connectivity index (χ2v) is 7.15. The molecule has 140 valence electrons. The molecule has 7 nitrogen and oxygen atoms in total. The van der Waals surface area contributed by atoms with Gasteiger partial charge in [-0.2, -0.15) is 0 Å². The summed E-state index contributed by atoms with van der Waals surface area (Å²) in [5.41, 5.74) is 0.738. The van der Waals surface area contributed by atoms with E-state index in [9.17, 15) is 19.5 Å². The van der Waals surface area contributed by atoms with E-state index >= 15 is 0 Å². The highest BCUT2D eigenvalue weighted by Gasteiger charge is 2.52. The number of rotatable bonds is 3. The number of furan rings is 1. The maximum absolute atomic E-state index is 12.8. The predicted octanol–water partition coefficient (Wildman–Crippen LogP) is 2.14. The lowest BCUT2D eigenvalue weighted by atomic mass is 9.77. The van der Waals surface area contributed by atoms with E-state index in [4.69, 9.17) is 4.42 Å². The third-order valence-corrected chi connectivity index (χ3v) is 5.62. The molecule has 0 radical (unpaired) electrons. The maximum Gasteiger partial charge on any atom is 0.309 e. The Morgan fingerprint density at radius 3 is 2.44 bits per heavy atom. The van der Waals surface area contributed by atoms with Crippen LogP contribution >= 0.6 is 0 Å². The average molecular weight is 368 g/mol. The van der Waals surface area contributed by atoms with E-state index < -0.39 is 17.4 Å². The number of hydrogen-bond acceptors (Lipinski definition) is 4. The lowest BCUT2D eigenvalue weighted by Crippen LogP contribution is -2.56. The highest BCUT2D eigenvalue weighted by atomic mass is 16.4. The maximum atomic E-state index is 12.8. The van der Waals surface area contributed by atoms with E-state index in [1.165, 1.54) is 0 Å². The molecule has 2 fully saturated rings. The van der Waals surface area contributed by atoms with E-state index in [-0.39, 0.29) is 18.2 Å². The zero-order chi connectivity index (χ0) is 19.0. The fraction of sp³-hybridized carbons (Fsp3) is 0.350. The molecule has 3 heterocycles. The van der Waals surface area contributed by atoms with Crippen LogP contribution in [-0.4, -0.2) is 46.4 Å². The van der Waals surface area contributed by atoms with Crippen LogP contribution in [0.5, 0.6) is 0 Å². The van der Waals surface area contributed by atoms with Crippen LogP contribution in [0.4, 0.5) is 0 Å². The van der Waals surface area contributed by atoms with E-state index in [2.05, 4.69) is 5.32 Å². The van der Waals surface area contributed by atoms with Crippen LogP contribution in [0.25, 0.3) is 11.3 Å². The molecule has 1 aromatic heterocycles. The summed E-state index contributed by atoms with van der Waals surface area (Å²) in [7, 11) is 0. The van der Waals surface area contributed by atoms with Crippen molar-refractivity contribution in [2.45, 2.75) is 24.8 Å². The van der Waals surface area contributed by atoms with Crippen molar-refractivity contribution >= 4 is 17.8 Å². The van der Waals surface area contributed by atoms with Gasteiger partial charge in [-0.25, -0.2) is 0 Å². The van der Waals surface area contributed by atoms with E-state index in [0.29, 0.717) is 31.5 Å². The van der Waals surface area contributed by atoms with Gasteiger partial charge in [-0.05, 0) is 37.1 Å². The summed E-state index contributed by atoms with van der Waals surface area (Å²) in [4.78, 5) is 37.7. The van der Waals surface area contributed by atoms with Gasteiger partial charge in [0.1, 0.15) is 5.76 Å². The molecule has 0 saturated carbocycles. The third-order valence-electron chi connectivity index (χ3n) is 5.62. The van der Waals surface area contributed by atoms with Crippen LogP contribution in [0, 0.1) is 5.92 Å². The molecule has 1 aromatic carbocycles. The van der Waals surface area contributed by atoms with Gasteiger partial charge in [0.25, 0.3) is 5.91 Å². The number of amides is 2. The molecule has 0 unspecified atom stereocenters. The molecule has 1 spiro atoms. The first kappa shape index (κ1) is 17.3. The van der Waals surface area contributed by atoms with Crippen LogP contribution in [0.3, 0.4) is 0 Å². The Morgan fingerprint density at radius 2 is 1.85 bits per heavy atom. The zero-order valence-electron chi connectivity index (χ0n) is 14.7. The number of benzene rings is 1. The molecule has 7 heteroatoms. The second kappa shape index (κ2) is 6.57. The Hall–Kier alpha value is -3.09. The monoisotopic (exact) mass is 368 g/mol. The fourth-order valence-corrected chi connectivity index (χ4v) is 4.10. The highest BCUT2D eigenvalue weighted by Crippen LogP contribution is 2.37. The van der Waals surface area contributed by atoms with Gasteiger partial charge in [0, 0.05) is 30.6 Å². The minimum absolute atomic E-state index is 0.0114. The number of carboxylic acid groups (broad SMARTS) is 1. The molecule has 0 aliphatic carbocycles. The number of likely N-dealkylation sites (tertiary alicyclic amines) is 1. The van der Waals surface area contributed by atoms with Crippen LogP contribution < -0.4 is 5.32 Å². The summed E-state index contributed by atoms with van der Waals surface area (Å²) in [5.74, 6) is -1.26. The number of hydrogen-bond donors (Lipinski definition) is 2. The Bertz CT molecular complexity index is 864. The summed E-state index contributed by atoms with van der Waals surface area (Å²) in [6, 6.07) is 10.9. The zero-order valence-corrected chi connectivity index (χ0v) is 14.7. The minimum atomic E-state index is -0.957. The van der Waals surface area contributed by atoms with Crippen molar-refractivity contribution in [1.29, 1.82) is 0 Å². The quantitative estimate of drug-likeness (QED) is 0.865. The molecule has 2 N–H and O–H groups in total. The number of piperidine rings is 1. The van der Waals surface area contributed by atoms with Crippen molar-refractivity contribution in [2.24, 2.45) is 5.92 Å². The molecule has 27 heavy (non-hydrogen) atoms. The first-order valence-corrected chi connectivity index (χ1v) is 8.95. The number of nitrogens with zero attached hydrogens (tertiary/aromatic N) is 1. The first-order valence-electron chi connectivity index (χ1n) is 8.95. The Kier molecular flexibility index (Phi) is 4.22. The van der Waals surface area contributed by atoms with Gasteiger partial charge >= 0.3 is 5.97 Å². The van der Waals surface area contributed by atoms with Gasteiger partial charge in [0.15, 0.2) is 0 Å². The van der Waals surface area contributed by atoms with Gasteiger partial charge in [-0.1, -0.05) is 12.1 Å². The summed E-state index contributed by atoms with van der Waals surface area (Å²) < 4.78 is 5.35. The summed E-state index contributed by atoms with van der Waals surface area (Å²) >= 11 is 0. The van der Waals surface area contributed by atoms with Crippen LogP contribution in [0.1, 0.15) is 29.6 Å². The van der Waals surface area contributed by atoms with E-state index in [1.807, 2.05) is 24.3 Å². The number of carbonyl (C=O) groups is 3. The van der Waals surface area contributed by atoms with Gasteiger partial charge in [0.05, 0.1) is 17.7 Å². The minimum Gasteiger partial charge on any atom is -0.481 e. The number of carbonyl (C=O) groups excluding carboxylic acids is 2. The second-order valence-electron chi connectivity index (χ2n) is 7.15. The fourth-order valence-electron chi connectivity index (χ4n) is 4.10. The average Bonchev–Trinajstić information content (AvgIpc) is 3.30. The van der Waals surface area contributed by atoms with Crippen LogP contribution in [-0.2, 0) is 9.59 Å². The van der Waals surface area contributed by atoms with Crippen molar-refractivity contribution in [2.75, 3.05) is 13.1 Å². The van der Waals surface area contributed by atoms with Gasteiger partial charge < -0.3 is 19.7 Å². The first-order chi connectivity index (χ1) is 13.0. The van der Waals surface area contributed by atoms with E-state index in [1.54, 1.807) is 23.3 Å². The van der Waals surface area contributed by atoms with Crippen molar-refractivity contribution in [3.05, 3.63) is 48.2 Å². The lowest BCUT2D eigenvalue weighted by Gasteiger charge is -2.41. The standard InChI is InChI=1S/C20H20N2O5/c23-17-12-15(19(25)26)20(21-17)7-9-22(10-8-20)18(24)14-5-3-13(4-6-14)16-2-1-11-27-16/h1-6,11,15H,7-10,12H2,(H,21,23)(H,25,26)/t15-/m0/s1. The van der Waals surface area contributed by atoms with Gasteiger partial charge in [0.2, 0.25) is 5.91 Å². The van der Waals surface area contributed by atoms with Crippen molar-refractivity contribution in [3.63, 3.8) is 0 Å². The Morgan fingerprint density at radius 1 is 1.15 bits per heavy atom. The molecule has 2 aromatic rings. The molecule has 2 saturated heterocycles. The van der Waals surface area contributed by atoms with Crippen LogP contribution in [0.2, 0.25) is 0 Å². The largest absolute Gasteiger partial charge is 0.481 e. The smallest absolute Gasteiger partial charge is 0.309 e. The molecule has 2 aliphatic heterocycles. The molecular weight excluding hydrogens is 348 g/mol. The lowest BCUT2D eigenvalue weighted by molar-refractivity contribution is -0.144. The number of aliphatic carboxylic acids is 1. The van der Waals surface area contributed by atoms with Gasteiger partial charge in [-0.3, -0.25) is 14.4 Å². The van der Waals surface area contributed by atoms with Gasteiger partial charge in [-0.15, -0.1) is 0 Å². The topological polar surface area (TPSA) is 99.9 Å². The Labute approximate surface area is 156 Å². The number of carboxylic acids is 1. The molecule has 2 amide bonds. The molecule has 4 rings (SSSR count). The number of nitrogens with one attached hydrogen (secondary N) is 1. The predicted molar refractivity (Wildman–Crippen MR) is 95.9 cm³/mol. The highest BCUT2D eigenvalue weighted by molar-refractivity contribution is 5.95. The van der Waals surface area contributed by atoms with Crippen molar-refractivity contribution in [3.8, 4) is 11.3 Å². The van der Waals surface area contributed by atoms with Crippen molar-refractivity contribution in [1.82, 2.24) is 10.2 Å². The summed E-state index contributed by atoms with van der Waals surface area (Å²) in [5, 5.41) is 12.3. The Balaban J connectivity index is 1.44. The van der Waals surface area contributed by atoms with E-state index in [0.717, 1.165) is 11.3 Å². The molecule has 2 aliphatic rings. The van der Waals surface area contributed by atoms with Crippen molar-refractivity contribution < 1.29 is 23.9 Å². The third kappa shape index (κ3) is 3.09. The molecule has 0 bridgehead atoms. The normalized spacial score (nSPS) is 21.3. The summed E-state index contributed by atoms with van der Waals surface area (Å²) in [6.45, 7) is 0.839. The van der Waals surface area contributed by atoms with Crippen LogP contribution in [0.15, 0.2) is 47.1 Å². The summed E-state index contributed by atoms with van der Waals surface area (Å²) in [6.07, 6.45) is 2.51. The molecule has 1 atom stereocenters.